The second kappa shape index (κ2) is 9.64. The van der Waals surface area contributed by atoms with Gasteiger partial charge in [-0.1, -0.05) is 54.9 Å². The number of rotatable bonds is 7. The zero-order valence-corrected chi connectivity index (χ0v) is 21.9. The molecule has 1 aliphatic rings. The van der Waals surface area contributed by atoms with E-state index >= 15 is 0 Å². The molecule has 3 aromatic heterocycles. The van der Waals surface area contributed by atoms with E-state index in [0.717, 1.165) is 64.1 Å². The first-order valence-corrected chi connectivity index (χ1v) is 13.2. The fraction of sp³-hybridized carbons (Fsp3) is 0.258. The zero-order chi connectivity index (χ0) is 25.5. The van der Waals surface area contributed by atoms with Crippen molar-refractivity contribution in [2.75, 3.05) is 18.0 Å². The van der Waals surface area contributed by atoms with Crippen LogP contribution in [0.15, 0.2) is 72.9 Å². The summed E-state index contributed by atoms with van der Waals surface area (Å²) >= 11 is 6.22. The molecule has 1 fully saturated rings. The van der Waals surface area contributed by atoms with E-state index in [0.29, 0.717) is 23.8 Å². The lowest BCUT2D eigenvalue weighted by molar-refractivity contribution is 0.0983. The summed E-state index contributed by atoms with van der Waals surface area (Å²) in [4.78, 5) is 25.1. The van der Waals surface area contributed by atoms with Crippen molar-refractivity contribution < 1.29 is 4.79 Å². The Morgan fingerprint density at radius 2 is 1.86 bits per heavy atom. The molecule has 0 saturated carbocycles. The van der Waals surface area contributed by atoms with Crippen LogP contribution < -0.4 is 4.90 Å². The van der Waals surface area contributed by atoms with Gasteiger partial charge in [0.05, 0.1) is 10.5 Å². The molecule has 6 rings (SSSR count). The van der Waals surface area contributed by atoms with Crippen molar-refractivity contribution in [3.8, 4) is 0 Å². The third-order valence-electron chi connectivity index (χ3n) is 7.58. The highest BCUT2D eigenvalue weighted by Gasteiger charge is 2.29. The Morgan fingerprint density at radius 3 is 2.65 bits per heavy atom. The molecule has 6 heteroatoms. The molecular formula is C31H29ClN4O. The standard InChI is InChI=1S/C31H29ClN4O/c1-3-27-30(25-16-24(32)17-33-31(25)35(27)2)28(37)13-10-20-9-12-26-22(15-20)11-14-29(34-26)36-18-23(19-36)21-7-5-4-6-8-21/h4-9,11-12,14-17,23H,3,10,13,18-19H2,1-2H3. The van der Waals surface area contributed by atoms with E-state index in [2.05, 4.69) is 77.5 Å². The van der Waals surface area contributed by atoms with Gasteiger partial charge in [0.2, 0.25) is 0 Å². The Balaban J connectivity index is 1.16. The van der Waals surface area contributed by atoms with Crippen LogP contribution in [0.4, 0.5) is 5.82 Å². The van der Waals surface area contributed by atoms with Gasteiger partial charge in [-0.05, 0) is 54.3 Å². The summed E-state index contributed by atoms with van der Waals surface area (Å²) in [6.45, 7) is 4.06. The minimum Gasteiger partial charge on any atom is -0.355 e. The summed E-state index contributed by atoms with van der Waals surface area (Å²) < 4.78 is 2.01. The van der Waals surface area contributed by atoms with E-state index < -0.39 is 0 Å². The highest BCUT2D eigenvalue weighted by molar-refractivity contribution is 6.31. The summed E-state index contributed by atoms with van der Waals surface area (Å²) in [6.07, 6.45) is 3.51. The lowest BCUT2D eigenvalue weighted by Crippen LogP contribution is -2.45. The summed E-state index contributed by atoms with van der Waals surface area (Å²) in [5, 5.41) is 2.49. The number of Topliss-reactive ketones (excluding diaryl/α,β-unsaturated/α-hetero) is 1. The minimum atomic E-state index is 0.130. The number of benzene rings is 2. The van der Waals surface area contributed by atoms with Gasteiger partial charge in [-0.15, -0.1) is 0 Å². The summed E-state index contributed by atoms with van der Waals surface area (Å²) in [5.74, 6) is 1.73. The van der Waals surface area contributed by atoms with Crippen LogP contribution in [0.25, 0.3) is 21.9 Å². The van der Waals surface area contributed by atoms with Crippen LogP contribution in [0.1, 0.15) is 46.4 Å². The minimum absolute atomic E-state index is 0.130. The van der Waals surface area contributed by atoms with Crippen LogP contribution in [0.2, 0.25) is 5.02 Å². The average molecular weight is 509 g/mol. The first-order chi connectivity index (χ1) is 18.0. The fourth-order valence-corrected chi connectivity index (χ4v) is 5.70. The van der Waals surface area contributed by atoms with Gasteiger partial charge in [0.1, 0.15) is 11.5 Å². The molecule has 186 valence electrons. The van der Waals surface area contributed by atoms with Crippen molar-refractivity contribution in [2.24, 2.45) is 7.05 Å². The van der Waals surface area contributed by atoms with Gasteiger partial charge >= 0.3 is 0 Å². The van der Waals surface area contributed by atoms with Crippen molar-refractivity contribution in [1.82, 2.24) is 14.5 Å². The van der Waals surface area contributed by atoms with Gasteiger partial charge in [0, 0.05) is 60.7 Å². The maximum atomic E-state index is 13.4. The molecule has 0 atom stereocenters. The third kappa shape index (κ3) is 4.38. The monoisotopic (exact) mass is 508 g/mol. The number of hydrogen-bond donors (Lipinski definition) is 0. The van der Waals surface area contributed by atoms with Gasteiger partial charge in [-0.25, -0.2) is 9.97 Å². The number of fused-ring (bicyclic) bond motifs is 2. The molecule has 0 unspecified atom stereocenters. The summed E-state index contributed by atoms with van der Waals surface area (Å²) in [5.41, 5.74) is 6.08. The highest BCUT2D eigenvalue weighted by Crippen LogP contribution is 2.32. The fourth-order valence-electron chi connectivity index (χ4n) is 5.54. The molecule has 1 saturated heterocycles. The molecule has 0 bridgehead atoms. The van der Waals surface area contributed by atoms with Gasteiger partial charge in [0.25, 0.3) is 0 Å². The van der Waals surface area contributed by atoms with Crippen LogP contribution >= 0.6 is 11.6 Å². The van der Waals surface area contributed by atoms with Crippen molar-refractivity contribution in [3.05, 3.63) is 100 Å². The van der Waals surface area contributed by atoms with E-state index in [1.807, 2.05) is 17.7 Å². The highest BCUT2D eigenvalue weighted by atomic mass is 35.5. The summed E-state index contributed by atoms with van der Waals surface area (Å²) in [7, 11) is 1.96. The number of carbonyl (C=O) groups excluding carboxylic acids is 1. The number of aryl methyl sites for hydroxylation is 2. The van der Waals surface area contributed by atoms with Crippen molar-refractivity contribution >= 4 is 45.1 Å². The third-order valence-corrected chi connectivity index (χ3v) is 7.79. The van der Waals surface area contributed by atoms with Crippen LogP contribution in [-0.4, -0.2) is 33.4 Å². The predicted octanol–water partition coefficient (Wildman–Crippen LogP) is 6.76. The molecule has 0 aliphatic carbocycles. The van der Waals surface area contributed by atoms with Crippen LogP contribution in [0.5, 0.6) is 0 Å². The molecule has 37 heavy (non-hydrogen) atoms. The zero-order valence-electron chi connectivity index (χ0n) is 21.1. The number of carbonyl (C=O) groups is 1. The van der Waals surface area contributed by atoms with Gasteiger partial charge in [0.15, 0.2) is 5.78 Å². The number of halogens is 1. The first kappa shape index (κ1) is 23.7. The quantitative estimate of drug-likeness (QED) is 0.228. The molecule has 1 aliphatic heterocycles. The lowest BCUT2D eigenvalue weighted by atomic mass is 9.91. The van der Waals surface area contributed by atoms with E-state index in [4.69, 9.17) is 16.6 Å². The Kier molecular flexibility index (Phi) is 6.17. The van der Waals surface area contributed by atoms with E-state index in [9.17, 15) is 4.79 Å². The molecule has 2 aromatic carbocycles. The summed E-state index contributed by atoms with van der Waals surface area (Å²) in [6, 6.07) is 23.1. The molecule has 0 N–H and O–H groups in total. The van der Waals surface area contributed by atoms with Crippen molar-refractivity contribution in [2.45, 2.75) is 32.1 Å². The van der Waals surface area contributed by atoms with E-state index in [1.54, 1.807) is 6.20 Å². The normalized spacial score (nSPS) is 13.9. The van der Waals surface area contributed by atoms with E-state index in [1.165, 1.54) is 5.56 Å². The Morgan fingerprint density at radius 1 is 1.05 bits per heavy atom. The van der Waals surface area contributed by atoms with Crippen LogP contribution in [0, 0.1) is 0 Å². The SMILES string of the molecule is CCc1c(C(=O)CCc2ccc3nc(N4CC(c5ccccc5)C4)ccc3c2)c2cc(Cl)cnc2n1C. The second-order valence-electron chi connectivity index (χ2n) is 9.89. The molecular weight excluding hydrogens is 480 g/mol. The molecule has 4 heterocycles. The van der Waals surface area contributed by atoms with Gasteiger partial charge in [-0.2, -0.15) is 0 Å². The maximum absolute atomic E-state index is 13.4. The number of ketones is 1. The topological polar surface area (TPSA) is 51.0 Å². The van der Waals surface area contributed by atoms with Crippen molar-refractivity contribution in [3.63, 3.8) is 0 Å². The predicted molar refractivity (Wildman–Crippen MR) is 151 cm³/mol. The average Bonchev–Trinajstić information content (AvgIpc) is 3.17. The number of pyridine rings is 2. The first-order valence-electron chi connectivity index (χ1n) is 12.9. The largest absolute Gasteiger partial charge is 0.355 e. The Hall–Kier alpha value is -3.70. The molecule has 0 radical (unpaired) electrons. The number of anilines is 1. The molecule has 0 spiro atoms. The number of aromatic nitrogens is 3. The number of hydrogen-bond acceptors (Lipinski definition) is 4. The maximum Gasteiger partial charge on any atom is 0.165 e. The van der Waals surface area contributed by atoms with E-state index in [-0.39, 0.29) is 5.78 Å². The second-order valence-corrected chi connectivity index (χ2v) is 10.3. The number of nitrogens with zero attached hydrogens (tertiary/aromatic N) is 4. The molecule has 5 aromatic rings. The van der Waals surface area contributed by atoms with Crippen LogP contribution in [0.3, 0.4) is 0 Å². The van der Waals surface area contributed by atoms with Gasteiger partial charge < -0.3 is 9.47 Å². The molecule has 0 amide bonds. The van der Waals surface area contributed by atoms with Crippen molar-refractivity contribution in [1.29, 1.82) is 0 Å². The van der Waals surface area contributed by atoms with Gasteiger partial charge in [-0.3, -0.25) is 4.79 Å². The Labute approximate surface area is 221 Å². The van der Waals surface area contributed by atoms with Crippen LogP contribution in [-0.2, 0) is 19.9 Å². The lowest BCUT2D eigenvalue weighted by Gasteiger charge is -2.40. The Bertz CT molecular complexity index is 1620. The molecule has 5 nitrogen and oxygen atoms in total. The smallest absolute Gasteiger partial charge is 0.165 e.